The van der Waals surface area contributed by atoms with E-state index in [0.29, 0.717) is 17.3 Å². The third kappa shape index (κ3) is 2.42. The fourth-order valence-electron chi connectivity index (χ4n) is 1.57. The number of nitrogens with one attached hydrogen (secondary N) is 1. The monoisotopic (exact) mass is 253 g/mol. The number of hydrogen-bond donors (Lipinski definition) is 1. The van der Waals surface area contributed by atoms with Crippen molar-refractivity contribution in [3.63, 3.8) is 0 Å². The molecule has 1 N–H and O–H groups in total. The van der Waals surface area contributed by atoms with E-state index in [9.17, 15) is 4.39 Å². The summed E-state index contributed by atoms with van der Waals surface area (Å²) in [5, 5.41) is 7.50. The zero-order chi connectivity index (χ0) is 12.4. The molecule has 0 aliphatic heterocycles. The average molecular weight is 254 g/mol. The predicted octanol–water partition coefficient (Wildman–Crippen LogP) is 3.13. The fourth-order valence-corrected chi connectivity index (χ4v) is 1.80. The molecule has 1 aromatic carbocycles. The molecule has 0 spiro atoms. The summed E-state index contributed by atoms with van der Waals surface area (Å²) in [5.41, 5.74) is 2.40. The van der Waals surface area contributed by atoms with Gasteiger partial charge in [0.25, 0.3) is 0 Å². The van der Waals surface area contributed by atoms with E-state index in [4.69, 9.17) is 11.6 Å². The zero-order valence-corrected chi connectivity index (χ0v) is 10.4. The van der Waals surface area contributed by atoms with Gasteiger partial charge in [0.2, 0.25) is 0 Å². The smallest absolute Gasteiger partial charge is 0.147 e. The summed E-state index contributed by atoms with van der Waals surface area (Å²) in [6.07, 6.45) is 1.76. The molecule has 0 saturated carbocycles. The van der Waals surface area contributed by atoms with E-state index in [1.54, 1.807) is 23.0 Å². The van der Waals surface area contributed by atoms with Gasteiger partial charge in [-0.15, -0.1) is 0 Å². The minimum absolute atomic E-state index is 0.331. The van der Waals surface area contributed by atoms with Gasteiger partial charge >= 0.3 is 0 Å². The van der Waals surface area contributed by atoms with E-state index in [1.807, 2.05) is 14.0 Å². The van der Waals surface area contributed by atoms with Gasteiger partial charge in [-0.05, 0) is 19.1 Å². The maximum Gasteiger partial charge on any atom is 0.147 e. The van der Waals surface area contributed by atoms with Gasteiger partial charge in [-0.3, -0.25) is 4.68 Å². The topological polar surface area (TPSA) is 29.9 Å². The molecule has 2 rings (SSSR count). The molecule has 0 amide bonds. The zero-order valence-electron chi connectivity index (χ0n) is 9.67. The summed E-state index contributed by atoms with van der Waals surface area (Å²) in [4.78, 5) is 0. The van der Waals surface area contributed by atoms with Crippen LogP contribution in [-0.4, -0.2) is 9.78 Å². The van der Waals surface area contributed by atoms with E-state index in [0.717, 1.165) is 11.3 Å². The van der Waals surface area contributed by atoms with E-state index >= 15 is 0 Å². The van der Waals surface area contributed by atoms with Crippen molar-refractivity contribution in [3.05, 3.63) is 46.5 Å². The van der Waals surface area contributed by atoms with E-state index < -0.39 is 0 Å². The Morgan fingerprint density at radius 2 is 2.24 bits per heavy atom. The molecule has 0 atom stereocenters. The molecule has 1 aromatic heterocycles. The molecule has 0 aliphatic carbocycles. The van der Waals surface area contributed by atoms with Crippen LogP contribution in [0.5, 0.6) is 0 Å². The average Bonchev–Trinajstić information content (AvgIpc) is 2.60. The molecule has 5 heteroatoms. The Kier molecular flexibility index (Phi) is 3.33. The normalized spacial score (nSPS) is 10.6. The molecule has 17 heavy (non-hydrogen) atoms. The van der Waals surface area contributed by atoms with Gasteiger partial charge < -0.3 is 5.32 Å². The number of hydrogen-bond acceptors (Lipinski definition) is 2. The lowest BCUT2D eigenvalue weighted by atomic mass is 10.2. The summed E-state index contributed by atoms with van der Waals surface area (Å²) in [6, 6.07) is 4.62. The minimum Gasteiger partial charge on any atom is -0.377 e. The van der Waals surface area contributed by atoms with Crippen molar-refractivity contribution < 1.29 is 4.39 Å². The van der Waals surface area contributed by atoms with Gasteiger partial charge in [-0.2, -0.15) is 5.10 Å². The van der Waals surface area contributed by atoms with Gasteiger partial charge in [0, 0.05) is 24.8 Å². The maximum atomic E-state index is 13.5. The SMILES string of the molecule is Cc1c(CNc2c(F)cccc2Cl)cnn1C. The first kappa shape index (κ1) is 11.9. The van der Waals surface area contributed by atoms with Crippen LogP contribution < -0.4 is 5.32 Å². The number of para-hydroxylation sites is 1. The molecular weight excluding hydrogens is 241 g/mol. The highest BCUT2D eigenvalue weighted by Gasteiger charge is 2.08. The first-order valence-corrected chi connectivity index (χ1v) is 5.62. The molecule has 1 heterocycles. The Bertz CT molecular complexity index is 516. The Morgan fingerprint density at radius 1 is 1.47 bits per heavy atom. The summed E-state index contributed by atoms with van der Waals surface area (Å²) < 4.78 is 15.3. The summed E-state index contributed by atoms with van der Waals surface area (Å²) >= 11 is 5.92. The Balaban J connectivity index is 2.15. The van der Waals surface area contributed by atoms with Crippen LogP contribution in [0.4, 0.5) is 10.1 Å². The van der Waals surface area contributed by atoms with Crippen LogP contribution in [0.3, 0.4) is 0 Å². The van der Waals surface area contributed by atoms with Crippen LogP contribution in [0.1, 0.15) is 11.3 Å². The lowest BCUT2D eigenvalue weighted by molar-refractivity contribution is 0.630. The number of benzene rings is 1. The van der Waals surface area contributed by atoms with Gasteiger partial charge in [0.1, 0.15) is 5.82 Å². The van der Waals surface area contributed by atoms with Crippen molar-refractivity contribution in [1.82, 2.24) is 9.78 Å². The van der Waals surface area contributed by atoms with Crippen LogP contribution >= 0.6 is 11.6 Å². The molecule has 0 radical (unpaired) electrons. The standard InChI is InChI=1S/C12H13ClFN3/c1-8-9(7-16-17(8)2)6-15-12-10(13)4-3-5-11(12)14/h3-5,7,15H,6H2,1-2H3. The summed E-state index contributed by atoms with van der Waals surface area (Å²) in [6.45, 7) is 2.47. The number of nitrogens with zero attached hydrogens (tertiary/aromatic N) is 2. The number of aromatic nitrogens is 2. The Hall–Kier alpha value is -1.55. The molecule has 0 aliphatic rings. The van der Waals surface area contributed by atoms with Crippen LogP contribution in [0.15, 0.2) is 24.4 Å². The van der Waals surface area contributed by atoms with Crippen molar-refractivity contribution in [1.29, 1.82) is 0 Å². The van der Waals surface area contributed by atoms with Crippen LogP contribution in [0.25, 0.3) is 0 Å². The molecule has 90 valence electrons. The maximum absolute atomic E-state index is 13.5. The van der Waals surface area contributed by atoms with Crippen molar-refractivity contribution in [2.45, 2.75) is 13.5 Å². The Labute approximate surface area is 104 Å². The van der Waals surface area contributed by atoms with E-state index in [-0.39, 0.29) is 5.82 Å². The van der Waals surface area contributed by atoms with Crippen LogP contribution in [0, 0.1) is 12.7 Å². The number of rotatable bonds is 3. The van der Waals surface area contributed by atoms with Crippen LogP contribution in [0.2, 0.25) is 5.02 Å². The second kappa shape index (κ2) is 4.75. The van der Waals surface area contributed by atoms with Gasteiger partial charge in [0.15, 0.2) is 0 Å². The van der Waals surface area contributed by atoms with Crippen molar-refractivity contribution in [3.8, 4) is 0 Å². The molecule has 0 saturated heterocycles. The number of aryl methyl sites for hydroxylation is 1. The number of anilines is 1. The highest BCUT2D eigenvalue weighted by atomic mass is 35.5. The second-order valence-electron chi connectivity index (χ2n) is 3.83. The first-order valence-electron chi connectivity index (χ1n) is 5.25. The third-order valence-corrected chi connectivity index (χ3v) is 3.07. The first-order chi connectivity index (χ1) is 8.09. The summed E-state index contributed by atoms with van der Waals surface area (Å²) in [7, 11) is 1.87. The van der Waals surface area contributed by atoms with Gasteiger partial charge in [-0.1, -0.05) is 17.7 Å². The van der Waals surface area contributed by atoms with Crippen molar-refractivity contribution >= 4 is 17.3 Å². The molecule has 0 fully saturated rings. The highest BCUT2D eigenvalue weighted by Crippen LogP contribution is 2.25. The molecule has 3 nitrogen and oxygen atoms in total. The van der Waals surface area contributed by atoms with E-state index in [2.05, 4.69) is 10.4 Å². The van der Waals surface area contributed by atoms with Gasteiger partial charge in [0.05, 0.1) is 16.9 Å². The van der Waals surface area contributed by atoms with Crippen LogP contribution in [-0.2, 0) is 13.6 Å². The van der Waals surface area contributed by atoms with Crippen molar-refractivity contribution in [2.24, 2.45) is 7.05 Å². The second-order valence-corrected chi connectivity index (χ2v) is 4.24. The van der Waals surface area contributed by atoms with Crippen molar-refractivity contribution in [2.75, 3.05) is 5.32 Å². The van der Waals surface area contributed by atoms with E-state index in [1.165, 1.54) is 6.07 Å². The largest absolute Gasteiger partial charge is 0.377 e. The minimum atomic E-state index is -0.348. The lowest BCUT2D eigenvalue weighted by Gasteiger charge is -2.09. The predicted molar refractivity (Wildman–Crippen MR) is 66.7 cm³/mol. The molecule has 0 bridgehead atoms. The fraction of sp³-hybridized carbons (Fsp3) is 0.250. The molecule has 0 unspecified atom stereocenters. The van der Waals surface area contributed by atoms with Gasteiger partial charge in [-0.25, -0.2) is 4.39 Å². The Morgan fingerprint density at radius 3 is 2.82 bits per heavy atom. The third-order valence-electron chi connectivity index (χ3n) is 2.76. The molecular formula is C12H13ClFN3. The summed E-state index contributed by atoms with van der Waals surface area (Å²) in [5.74, 6) is -0.348. The molecule has 2 aromatic rings. The quantitative estimate of drug-likeness (QED) is 0.911. The highest BCUT2D eigenvalue weighted by molar-refractivity contribution is 6.33. The lowest BCUT2D eigenvalue weighted by Crippen LogP contribution is -2.03. The number of halogens is 2.